The molecule has 0 spiro atoms. The minimum absolute atomic E-state index is 0.123. The molecule has 0 heterocycles. The average Bonchev–Trinajstić information content (AvgIpc) is 2.48. The van der Waals surface area contributed by atoms with Crippen molar-refractivity contribution in [3.63, 3.8) is 0 Å². The Balaban J connectivity index is 2.09. The maximum Gasteiger partial charge on any atom is 0.416 e. The third-order valence-corrected chi connectivity index (χ3v) is 3.42. The number of nitrogens with one attached hydrogen (secondary N) is 1. The molecule has 0 bridgehead atoms. The first kappa shape index (κ1) is 17.5. The van der Waals surface area contributed by atoms with E-state index in [1.165, 1.54) is 37.3 Å². The molecule has 0 aliphatic rings. The average molecular weight is 338 g/mol. The molecule has 0 unspecified atom stereocenters. The van der Waals surface area contributed by atoms with Crippen molar-refractivity contribution in [2.75, 3.05) is 5.32 Å². The van der Waals surface area contributed by atoms with Gasteiger partial charge in [0.25, 0.3) is 5.69 Å². The Hall–Kier alpha value is -2.90. The molecule has 2 aromatic rings. The molecule has 2 rings (SSSR count). The van der Waals surface area contributed by atoms with Crippen LogP contribution in [0.3, 0.4) is 0 Å². The van der Waals surface area contributed by atoms with Crippen molar-refractivity contribution in [2.45, 2.75) is 19.5 Å². The normalized spacial score (nSPS) is 11.2. The highest BCUT2D eigenvalue weighted by Crippen LogP contribution is 2.29. The van der Waals surface area contributed by atoms with Gasteiger partial charge in [0.1, 0.15) is 0 Å². The number of alkyl halides is 3. The maximum atomic E-state index is 12.5. The highest BCUT2D eigenvalue weighted by atomic mass is 19.4. The molecule has 8 heteroatoms. The summed E-state index contributed by atoms with van der Waals surface area (Å²) in [6.45, 7) is 1.51. The second-order valence-electron chi connectivity index (χ2n) is 5.13. The standard InChI is InChI=1S/C16H13F3N2O3/c1-10-13(3-2-4-14(10)21(23)24)20-15(22)9-11-5-7-12(8-6-11)16(17,18)19/h2-8H,9H2,1H3,(H,20,22). The van der Waals surface area contributed by atoms with E-state index in [2.05, 4.69) is 5.32 Å². The lowest BCUT2D eigenvalue weighted by molar-refractivity contribution is -0.385. The summed E-state index contributed by atoms with van der Waals surface area (Å²) < 4.78 is 37.4. The van der Waals surface area contributed by atoms with Crippen LogP contribution in [0.5, 0.6) is 0 Å². The number of benzene rings is 2. The first-order chi connectivity index (χ1) is 11.2. The molecule has 0 saturated heterocycles. The zero-order chi connectivity index (χ0) is 17.9. The Bertz CT molecular complexity index is 771. The molecule has 0 saturated carbocycles. The highest BCUT2D eigenvalue weighted by Gasteiger charge is 2.30. The van der Waals surface area contributed by atoms with Crippen molar-refractivity contribution >= 4 is 17.3 Å². The van der Waals surface area contributed by atoms with E-state index in [4.69, 9.17) is 0 Å². The van der Waals surface area contributed by atoms with Crippen LogP contribution < -0.4 is 5.32 Å². The van der Waals surface area contributed by atoms with Gasteiger partial charge in [-0.25, -0.2) is 0 Å². The molecule has 0 fully saturated rings. The van der Waals surface area contributed by atoms with Gasteiger partial charge in [-0.1, -0.05) is 18.2 Å². The van der Waals surface area contributed by atoms with Gasteiger partial charge in [0.2, 0.25) is 5.91 Å². The molecule has 0 aliphatic carbocycles. The van der Waals surface area contributed by atoms with Gasteiger partial charge in [0.15, 0.2) is 0 Å². The number of nitro groups is 1. The number of carbonyl (C=O) groups is 1. The Morgan fingerprint density at radius 3 is 2.33 bits per heavy atom. The number of hydrogen-bond acceptors (Lipinski definition) is 3. The second kappa shape index (κ2) is 6.69. The van der Waals surface area contributed by atoms with Gasteiger partial charge in [-0.15, -0.1) is 0 Å². The third kappa shape index (κ3) is 4.09. The lowest BCUT2D eigenvalue weighted by atomic mass is 10.1. The molecule has 0 radical (unpaired) electrons. The van der Waals surface area contributed by atoms with Crippen LogP contribution in [0.4, 0.5) is 24.5 Å². The molecule has 1 N–H and O–H groups in total. The molecule has 1 amide bonds. The number of rotatable bonds is 4. The van der Waals surface area contributed by atoms with Gasteiger partial charge in [-0.05, 0) is 30.7 Å². The molecule has 126 valence electrons. The van der Waals surface area contributed by atoms with Crippen LogP contribution >= 0.6 is 0 Å². The number of nitro benzene ring substituents is 1. The van der Waals surface area contributed by atoms with E-state index >= 15 is 0 Å². The van der Waals surface area contributed by atoms with E-state index in [0.717, 1.165) is 12.1 Å². The Labute approximate surface area is 135 Å². The Morgan fingerprint density at radius 1 is 1.17 bits per heavy atom. The van der Waals surface area contributed by atoms with Crippen LogP contribution in [0.15, 0.2) is 42.5 Å². The van der Waals surface area contributed by atoms with Crippen molar-refractivity contribution in [1.29, 1.82) is 0 Å². The van der Waals surface area contributed by atoms with Crippen molar-refractivity contribution in [1.82, 2.24) is 0 Å². The van der Waals surface area contributed by atoms with Gasteiger partial charge >= 0.3 is 6.18 Å². The van der Waals surface area contributed by atoms with Crippen LogP contribution in [0.25, 0.3) is 0 Å². The first-order valence-corrected chi connectivity index (χ1v) is 6.88. The Kier molecular flexibility index (Phi) is 4.87. The van der Waals surface area contributed by atoms with E-state index in [0.29, 0.717) is 16.8 Å². The summed E-state index contributed by atoms with van der Waals surface area (Å²) in [6, 6.07) is 8.54. The lowest BCUT2D eigenvalue weighted by Gasteiger charge is -2.10. The third-order valence-electron chi connectivity index (χ3n) is 3.42. The molecule has 5 nitrogen and oxygen atoms in total. The number of halogens is 3. The zero-order valence-electron chi connectivity index (χ0n) is 12.6. The molecule has 0 atom stereocenters. The zero-order valence-corrected chi connectivity index (χ0v) is 12.6. The van der Waals surface area contributed by atoms with Crippen molar-refractivity contribution in [3.8, 4) is 0 Å². The lowest BCUT2D eigenvalue weighted by Crippen LogP contribution is -2.15. The van der Waals surface area contributed by atoms with E-state index in [9.17, 15) is 28.1 Å². The fraction of sp³-hybridized carbons (Fsp3) is 0.188. The van der Waals surface area contributed by atoms with Crippen molar-refractivity contribution < 1.29 is 22.9 Å². The largest absolute Gasteiger partial charge is 0.416 e. The SMILES string of the molecule is Cc1c(NC(=O)Cc2ccc(C(F)(F)F)cc2)cccc1[N+](=O)[O-]. The number of anilines is 1. The van der Waals surface area contributed by atoms with Gasteiger partial charge < -0.3 is 5.32 Å². The fourth-order valence-electron chi connectivity index (χ4n) is 2.15. The topological polar surface area (TPSA) is 72.2 Å². The van der Waals surface area contributed by atoms with Crippen LogP contribution in [0.1, 0.15) is 16.7 Å². The molecular weight excluding hydrogens is 325 g/mol. The summed E-state index contributed by atoms with van der Waals surface area (Å²) in [6.07, 6.45) is -4.57. The molecule has 0 aliphatic heterocycles. The van der Waals surface area contributed by atoms with Crippen LogP contribution in [-0.2, 0) is 17.4 Å². The van der Waals surface area contributed by atoms with Gasteiger partial charge in [0.05, 0.1) is 28.2 Å². The minimum atomic E-state index is -4.43. The predicted molar refractivity (Wildman–Crippen MR) is 81.6 cm³/mol. The van der Waals surface area contributed by atoms with E-state index in [1.807, 2.05) is 0 Å². The highest BCUT2D eigenvalue weighted by molar-refractivity contribution is 5.93. The van der Waals surface area contributed by atoms with Crippen LogP contribution in [0.2, 0.25) is 0 Å². The maximum absolute atomic E-state index is 12.5. The Morgan fingerprint density at radius 2 is 1.79 bits per heavy atom. The summed E-state index contributed by atoms with van der Waals surface area (Å²) in [5.74, 6) is -0.474. The molecular formula is C16H13F3N2O3. The smallest absolute Gasteiger partial charge is 0.325 e. The second-order valence-corrected chi connectivity index (χ2v) is 5.13. The summed E-state index contributed by atoms with van der Waals surface area (Å²) in [7, 11) is 0. The van der Waals surface area contributed by atoms with E-state index in [-0.39, 0.29) is 12.1 Å². The fourth-order valence-corrected chi connectivity index (χ4v) is 2.15. The monoisotopic (exact) mass is 338 g/mol. The molecule has 2 aromatic carbocycles. The molecule has 0 aromatic heterocycles. The van der Waals surface area contributed by atoms with Crippen LogP contribution in [-0.4, -0.2) is 10.8 Å². The van der Waals surface area contributed by atoms with Crippen molar-refractivity contribution in [3.05, 3.63) is 69.3 Å². The van der Waals surface area contributed by atoms with Gasteiger partial charge in [0, 0.05) is 6.07 Å². The summed E-state index contributed by atoms with van der Waals surface area (Å²) in [5, 5.41) is 13.4. The van der Waals surface area contributed by atoms with Crippen molar-refractivity contribution in [2.24, 2.45) is 0 Å². The number of carbonyl (C=O) groups excluding carboxylic acids is 1. The summed E-state index contributed by atoms with van der Waals surface area (Å²) in [4.78, 5) is 22.3. The number of hydrogen-bond donors (Lipinski definition) is 1. The molecule has 24 heavy (non-hydrogen) atoms. The summed E-state index contributed by atoms with van der Waals surface area (Å²) >= 11 is 0. The van der Waals surface area contributed by atoms with E-state index < -0.39 is 22.6 Å². The summed E-state index contributed by atoms with van der Waals surface area (Å²) in [5.41, 5.74) is 0.0940. The first-order valence-electron chi connectivity index (χ1n) is 6.88. The minimum Gasteiger partial charge on any atom is -0.325 e. The van der Waals surface area contributed by atoms with Gasteiger partial charge in [-0.2, -0.15) is 13.2 Å². The van der Waals surface area contributed by atoms with E-state index in [1.54, 1.807) is 0 Å². The predicted octanol–water partition coefficient (Wildman–Crippen LogP) is 4.10. The number of amides is 1. The van der Waals surface area contributed by atoms with Gasteiger partial charge in [-0.3, -0.25) is 14.9 Å². The number of nitrogens with zero attached hydrogens (tertiary/aromatic N) is 1. The quantitative estimate of drug-likeness (QED) is 0.674. The van der Waals surface area contributed by atoms with Crippen LogP contribution in [0, 0.1) is 17.0 Å².